The van der Waals surface area contributed by atoms with Gasteiger partial charge >= 0.3 is 5.97 Å². The molecule has 0 spiro atoms. The summed E-state index contributed by atoms with van der Waals surface area (Å²) in [5.41, 5.74) is 5.10. The fourth-order valence-electron chi connectivity index (χ4n) is 1.42. The molecular formula is C12H8F2N2O3. The van der Waals surface area contributed by atoms with Gasteiger partial charge in [0, 0.05) is 18.2 Å². The normalized spacial score (nSPS) is 10.2. The molecule has 19 heavy (non-hydrogen) atoms. The Bertz CT molecular complexity index is 627. The number of hydrogen-bond donors (Lipinski definition) is 2. The summed E-state index contributed by atoms with van der Waals surface area (Å²) in [5, 5.41) is 8.97. The van der Waals surface area contributed by atoms with Crippen LogP contribution in [0.15, 0.2) is 30.5 Å². The second-order valence-electron chi connectivity index (χ2n) is 3.62. The summed E-state index contributed by atoms with van der Waals surface area (Å²) in [6.07, 6.45) is 1.07. The number of aromatic carboxylic acids is 1. The molecule has 0 amide bonds. The quantitative estimate of drug-likeness (QED) is 0.891. The number of benzene rings is 1. The number of ether oxygens (including phenoxy) is 1. The Morgan fingerprint density at radius 2 is 1.84 bits per heavy atom. The van der Waals surface area contributed by atoms with Crippen molar-refractivity contribution in [3.8, 4) is 11.5 Å². The van der Waals surface area contributed by atoms with E-state index in [1.165, 1.54) is 0 Å². The summed E-state index contributed by atoms with van der Waals surface area (Å²) < 4.78 is 31.1. The second kappa shape index (κ2) is 4.89. The highest BCUT2D eigenvalue weighted by Crippen LogP contribution is 2.27. The molecule has 0 aliphatic heterocycles. The topological polar surface area (TPSA) is 85.4 Å². The minimum atomic E-state index is -1.29. The van der Waals surface area contributed by atoms with Gasteiger partial charge in [0.2, 0.25) is 0 Å². The van der Waals surface area contributed by atoms with Crippen LogP contribution in [0, 0.1) is 11.6 Å². The lowest BCUT2D eigenvalue weighted by molar-refractivity contribution is 0.0694. The number of nitrogens with two attached hydrogens (primary N) is 1. The Morgan fingerprint density at radius 1 is 1.21 bits per heavy atom. The van der Waals surface area contributed by atoms with Crippen LogP contribution in [0.2, 0.25) is 0 Å². The highest BCUT2D eigenvalue weighted by molar-refractivity contribution is 5.91. The summed E-state index contributed by atoms with van der Waals surface area (Å²) in [5.74, 6) is -3.31. The summed E-state index contributed by atoms with van der Waals surface area (Å²) in [4.78, 5) is 14.7. The van der Waals surface area contributed by atoms with Crippen molar-refractivity contribution in [1.82, 2.24) is 4.98 Å². The van der Waals surface area contributed by atoms with E-state index in [0.29, 0.717) is 6.07 Å². The van der Waals surface area contributed by atoms with E-state index in [4.69, 9.17) is 15.6 Å². The van der Waals surface area contributed by atoms with Crippen molar-refractivity contribution in [3.63, 3.8) is 0 Å². The van der Waals surface area contributed by atoms with Gasteiger partial charge in [-0.2, -0.15) is 0 Å². The van der Waals surface area contributed by atoms with Gasteiger partial charge in [0.25, 0.3) is 0 Å². The van der Waals surface area contributed by atoms with Gasteiger partial charge in [0.05, 0.1) is 6.20 Å². The van der Waals surface area contributed by atoms with Crippen molar-refractivity contribution in [2.45, 2.75) is 0 Å². The minimum absolute atomic E-state index is 0.00447. The molecule has 7 heteroatoms. The molecule has 0 fully saturated rings. The molecule has 2 aromatic rings. The average molecular weight is 266 g/mol. The minimum Gasteiger partial charge on any atom is -0.478 e. The number of rotatable bonds is 3. The Kier molecular flexibility index (Phi) is 3.28. The number of nitrogen functional groups attached to an aromatic ring is 1. The molecule has 5 nitrogen and oxygen atoms in total. The number of hydrogen-bond acceptors (Lipinski definition) is 4. The second-order valence-corrected chi connectivity index (χ2v) is 3.62. The Hall–Kier alpha value is -2.70. The molecular weight excluding hydrogens is 258 g/mol. The summed E-state index contributed by atoms with van der Waals surface area (Å²) in [7, 11) is 0. The van der Waals surface area contributed by atoms with Crippen LogP contribution in [-0.2, 0) is 0 Å². The molecule has 1 aromatic carbocycles. The van der Waals surface area contributed by atoms with Crippen LogP contribution in [0.25, 0.3) is 0 Å². The largest absolute Gasteiger partial charge is 0.478 e. The number of aromatic nitrogens is 1. The van der Waals surface area contributed by atoms with Gasteiger partial charge < -0.3 is 15.6 Å². The maximum atomic E-state index is 13.0. The first-order chi connectivity index (χ1) is 8.95. The molecule has 0 aliphatic rings. The highest BCUT2D eigenvalue weighted by Gasteiger charge is 2.14. The van der Waals surface area contributed by atoms with E-state index in [1.54, 1.807) is 0 Å². The third-order valence-electron chi connectivity index (χ3n) is 2.18. The molecule has 1 aromatic heterocycles. The molecule has 98 valence electrons. The maximum Gasteiger partial charge on any atom is 0.339 e. The van der Waals surface area contributed by atoms with Gasteiger partial charge in [-0.15, -0.1) is 0 Å². The smallest absolute Gasteiger partial charge is 0.339 e. The van der Waals surface area contributed by atoms with Crippen molar-refractivity contribution in [3.05, 3.63) is 47.7 Å². The van der Waals surface area contributed by atoms with Crippen LogP contribution in [0.5, 0.6) is 11.5 Å². The zero-order valence-electron chi connectivity index (χ0n) is 9.43. The lowest BCUT2D eigenvalue weighted by atomic mass is 10.2. The van der Waals surface area contributed by atoms with E-state index < -0.39 is 17.6 Å². The molecule has 0 unspecified atom stereocenters. The van der Waals surface area contributed by atoms with Crippen molar-refractivity contribution >= 4 is 11.8 Å². The number of carboxylic acid groups (broad SMARTS) is 1. The summed E-state index contributed by atoms with van der Waals surface area (Å²) >= 11 is 0. The molecule has 0 saturated carbocycles. The van der Waals surface area contributed by atoms with Crippen molar-refractivity contribution in [2.24, 2.45) is 0 Å². The van der Waals surface area contributed by atoms with E-state index in [1.807, 2.05) is 0 Å². The maximum absolute atomic E-state index is 13.0. The van der Waals surface area contributed by atoms with Gasteiger partial charge in [0.15, 0.2) is 5.75 Å². The van der Waals surface area contributed by atoms with Gasteiger partial charge in [-0.3, -0.25) is 0 Å². The lowest BCUT2D eigenvalue weighted by Gasteiger charge is -2.09. The zero-order chi connectivity index (χ0) is 14.0. The number of halogens is 2. The van der Waals surface area contributed by atoms with Gasteiger partial charge in [0.1, 0.15) is 28.8 Å². The Balaban J connectivity index is 2.40. The fourth-order valence-corrected chi connectivity index (χ4v) is 1.42. The Morgan fingerprint density at radius 3 is 2.42 bits per heavy atom. The molecule has 1 heterocycles. The van der Waals surface area contributed by atoms with Gasteiger partial charge in [-0.05, 0) is 6.07 Å². The third kappa shape index (κ3) is 2.95. The van der Waals surface area contributed by atoms with Crippen LogP contribution in [0.1, 0.15) is 10.4 Å². The summed E-state index contributed by atoms with van der Waals surface area (Å²) in [6.45, 7) is 0. The summed E-state index contributed by atoms with van der Waals surface area (Å²) in [6, 6.07) is 3.61. The number of pyridine rings is 1. The van der Waals surface area contributed by atoms with Crippen molar-refractivity contribution in [2.75, 3.05) is 5.73 Å². The number of anilines is 1. The average Bonchev–Trinajstić information content (AvgIpc) is 2.30. The SMILES string of the molecule is Nc1cc(C(=O)O)c(Oc2cc(F)cc(F)c2)cn1. The molecule has 0 aliphatic carbocycles. The third-order valence-corrected chi connectivity index (χ3v) is 2.18. The van der Waals surface area contributed by atoms with E-state index >= 15 is 0 Å². The fraction of sp³-hybridized carbons (Fsp3) is 0. The van der Waals surface area contributed by atoms with Crippen LogP contribution in [0.4, 0.5) is 14.6 Å². The molecule has 0 radical (unpaired) electrons. The van der Waals surface area contributed by atoms with E-state index in [2.05, 4.69) is 4.98 Å². The Labute approximate surface area is 106 Å². The number of carboxylic acids is 1. The first-order valence-corrected chi connectivity index (χ1v) is 5.08. The van der Waals surface area contributed by atoms with E-state index in [-0.39, 0.29) is 22.9 Å². The number of carbonyl (C=O) groups is 1. The van der Waals surface area contributed by atoms with E-state index in [0.717, 1.165) is 24.4 Å². The molecule has 2 rings (SSSR count). The van der Waals surface area contributed by atoms with E-state index in [9.17, 15) is 13.6 Å². The number of nitrogens with zero attached hydrogens (tertiary/aromatic N) is 1. The molecule has 0 atom stereocenters. The monoisotopic (exact) mass is 266 g/mol. The van der Waals surface area contributed by atoms with Gasteiger partial charge in [-0.1, -0.05) is 0 Å². The first kappa shape index (κ1) is 12.7. The predicted molar refractivity (Wildman–Crippen MR) is 62.0 cm³/mol. The molecule has 0 saturated heterocycles. The molecule has 0 bridgehead atoms. The van der Waals surface area contributed by atoms with Crippen molar-refractivity contribution in [1.29, 1.82) is 0 Å². The van der Waals surface area contributed by atoms with Crippen LogP contribution in [-0.4, -0.2) is 16.1 Å². The van der Waals surface area contributed by atoms with Crippen LogP contribution < -0.4 is 10.5 Å². The lowest BCUT2D eigenvalue weighted by Crippen LogP contribution is -2.03. The van der Waals surface area contributed by atoms with Gasteiger partial charge in [-0.25, -0.2) is 18.6 Å². The van der Waals surface area contributed by atoms with Crippen molar-refractivity contribution < 1.29 is 23.4 Å². The first-order valence-electron chi connectivity index (χ1n) is 5.08. The molecule has 3 N–H and O–H groups in total. The standard InChI is InChI=1S/C12H8F2N2O3/c13-6-1-7(14)3-8(2-6)19-10-5-16-11(15)4-9(10)12(17)18/h1-5H,(H2,15,16)(H,17,18). The zero-order valence-corrected chi connectivity index (χ0v) is 9.43. The van der Waals surface area contributed by atoms with Crippen LogP contribution in [0.3, 0.4) is 0 Å². The predicted octanol–water partition coefficient (Wildman–Crippen LogP) is 2.43. The van der Waals surface area contributed by atoms with Crippen LogP contribution >= 0.6 is 0 Å². The highest BCUT2D eigenvalue weighted by atomic mass is 19.1.